The standard InChI is InChI=1S/C11H22.3C8H18.3C7H16.2C6H14.C5H12.C4H10/c1-4-11(2,3)10-8-6-5-7-9-10;1-6(2)8(5)7(3)4;1-5-8(4,6-2)7-3;1-5-7(3)8(4)6-2;1-6(2)7(3,4)5;1-5-7(3,4)6-2;1-4-6-7(3)5-2;1-5-6(2,3)4;1-4-6(3)5-2;1-4-5(2)3;1-4(2)3/h10H,4-9H2,1-3H3;6-8H,1-5H3;5-7H2,1-4H3;7-8H,5-6H2,1-4H3;6H,1-5H3;5-6H2,1-4H3;7H,4-6H2,1-3H3;5H2,1-4H3;6H,4-5H2,1-3H3;5H,4H2,1-3H3;4H,1-3H3. The summed E-state index contributed by atoms with van der Waals surface area (Å²) in [4.78, 5) is 0. The average molecular weight is 1100 g/mol. The number of rotatable bonds is 18. The van der Waals surface area contributed by atoms with E-state index in [9.17, 15) is 0 Å². The van der Waals surface area contributed by atoms with Gasteiger partial charge in [-0.1, -0.05) is 399 Å². The van der Waals surface area contributed by atoms with Crippen LogP contribution in [0.3, 0.4) is 0 Å². The van der Waals surface area contributed by atoms with Gasteiger partial charge in [0.1, 0.15) is 0 Å². The normalized spacial score (nSPS) is 13.9. The predicted molar refractivity (Wildman–Crippen MR) is 376 cm³/mol. The van der Waals surface area contributed by atoms with Gasteiger partial charge >= 0.3 is 0 Å². The van der Waals surface area contributed by atoms with Crippen molar-refractivity contribution in [2.45, 2.75) is 412 Å². The Morgan fingerprint density at radius 1 is 0.364 bits per heavy atom. The molecule has 1 rings (SSSR count). The molecule has 0 spiro atoms. The van der Waals surface area contributed by atoms with Crippen molar-refractivity contribution in [1.82, 2.24) is 0 Å². The van der Waals surface area contributed by atoms with Crippen LogP contribution in [0.15, 0.2) is 0 Å². The molecular weight excluding hydrogens is 925 g/mol. The van der Waals surface area contributed by atoms with Gasteiger partial charge in [0.2, 0.25) is 0 Å². The summed E-state index contributed by atoms with van der Waals surface area (Å²) >= 11 is 0. The molecule has 3 unspecified atom stereocenters. The zero-order valence-electron chi connectivity index (χ0n) is 64.0. The molecule has 0 aliphatic heterocycles. The monoisotopic (exact) mass is 1100 g/mol. The van der Waals surface area contributed by atoms with Crippen LogP contribution in [-0.2, 0) is 0 Å². The van der Waals surface area contributed by atoms with Crippen LogP contribution in [0.4, 0.5) is 0 Å². The lowest BCUT2D eigenvalue weighted by atomic mass is 9.70. The molecule has 1 aliphatic carbocycles. The first-order valence-electron chi connectivity index (χ1n) is 34.9. The Morgan fingerprint density at radius 2 is 0.649 bits per heavy atom. The fraction of sp³-hybridized carbons (Fsp3) is 1.00. The minimum atomic E-state index is 0.500. The van der Waals surface area contributed by atoms with Gasteiger partial charge in [0.25, 0.3) is 0 Å². The van der Waals surface area contributed by atoms with Crippen molar-refractivity contribution in [3.05, 3.63) is 0 Å². The Morgan fingerprint density at radius 3 is 0.740 bits per heavy atom. The molecule has 0 amide bonds. The second kappa shape index (κ2) is 62.1. The summed E-state index contributed by atoms with van der Waals surface area (Å²) < 4.78 is 0. The Bertz CT molecular complexity index is 969. The van der Waals surface area contributed by atoms with Crippen LogP contribution < -0.4 is 0 Å². The first-order chi connectivity index (χ1) is 34.9. The van der Waals surface area contributed by atoms with Gasteiger partial charge in [0.15, 0.2) is 0 Å². The van der Waals surface area contributed by atoms with Crippen LogP contribution >= 0.6 is 0 Å². The Labute approximate surface area is 502 Å². The predicted octanol–water partition coefficient (Wildman–Crippen LogP) is 30.2. The Balaban J connectivity index is -0.0000000809. The quantitative estimate of drug-likeness (QED) is 0.128. The van der Waals surface area contributed by atoms with E-state index in [0.717, 1.165) is 65.1 Å². The van der Waals surface area contributed by atoms with Gasteiger partial charge in [-0.15, -0.1) is 0 Å². The minimum absolute atomic E-state index is 0.500. The highest BCUT2D eigenvalue weighted by Crippen LogP contribution is 2.40. The van der Waals surface area contributed by atoms with Crippen LogP contribution in [0, 0.1) is 92.2 Å². The van der Waals surface area contributed by atoms with E-state index in [1.54, 1.807) is 0 Å². The van der Waals surface area contributed by atoms with Crippen molar-refractivity contribution >= 4 is 0 Å². The zero-order valence-corrected chi connectivity index (χ0v) is 64.0. The molecule has 0 aromatic rings. The van der Waals surface area contributed by atoms with Gasteiger partial charge in [-0.05, 0) is 105 Å². The maximum atomic E-state index is 2.43. The van der Waals surface area contributed by atoms with Gasteiger partial charge in [0.05, 0.1) is 0 Å². The fourth-order valence-corrected chi connectivity index (χ4v) is 5.73. The number of hydrogen-bond donors (Lipinski definition) is 0. The Hall–Kier alpha value is 0. The molecule has 0 nitrogen and oxygen atoms in total. The molecule has 3 atom stereocenters. The summed E-state index contributed by atoms with van der Waals surface area (Å²) in [5.41, 5.74) is 2.86. The van der Waals surface area contributed by atoms with E-state index in [1.165, 1.54) is 128 Å². The van der Waals surface area contributed by atoms with E-state index >= 15 is 0 Å². The van der Waals surface area contributed by atoms with E-state index in [1.807, 2.05) is 0 Å². The van der Waals surface area contributed by atoms with Crippen molar-refractivity contribution in [1.29, 1.82) is 0 Å². The molecule has 0 aromatic heterocycles. The largest absolute Gasteiger partial charge is 0.0654 e. The van der Waals surface area contributed by atoms with Crippen molar-refractivity contribution in [3.63, 3.8) is 0 Å². The first-order valence-corrected chi connectivity index (χ1v) is 34.9. The van der Waals surface area contributed by atoms with Crippen LogP contribution in [0.25, 0.3) is 0 Å². The van der Waals surface area contributed by atoms with E-state index in [0.29, 0.717) is 27.1 Å². The summed E-state index contributed by atoms with van der Waals surface area (Å²) in [6.45, 7) is 93.0. The lowest BCUT2D eigenvalue weighted by Crippen LogP contribution is -2.25. The molecule has 1 fully saturated rings. The molecule has 77 heavy (non-hydrogen) atoms. The van der Waals surface area contributed by atoms with Crippen LogP contribution in [0.1, 0.15) is 412 Å². The van der Waals surface area contributed by atoms with E-state index in [4.69, 9.17) is 0 Å². The van der Waals surface area contributed by atoms with Gasteiger partial charge in [-0.25, -0.2) is 0 Å². The summed E-state index contributed by atoms with van der Waals surface area (Å²) in [6.07, 6.45) is 27.3. The highest BCUT2D eigenvalue weighted by molar-refractivity contribution is 4.79. The molecule has 0 bridgehead atoms. The third-order valence-electron chi connectivity index (χ3n) is 18.9. The van der Waals surface area contributed by atoms with Crippen molar-refractivity contribution in [2.75, 3.05) is 0 Å². The lowest BCUT2D eigenvalue weighted by molar-refractivity contribution is 0.152. The molecule has 1 aliphatic rings. The van der Waals surface area contributed by atoms with E-state index in [2.05, 4.69) is 284 Å². The molecule has 0 aromatic carbocycles. The SMILES string of the molecule is CC(C)C.CC(C)C(C)(C)C.CC(C)C(C)C(C)C.CCC(C)(C)C.CCC(C)(C)C1CCCCC1.CCC(C)(C)CC.CCC(C)(CC)CC.CCC(C)C.CCC(C)C(C)CC.CCC(C)CC.CCCC(C)CC. The highest BCUT2D eigenvalue weighted by atomic mass is 14.3. The lowest BCUT2D eigenvalue weighted by Gasteiger charge is -2.36. The molecule has 0 heteroatoms. The Kier molecular flexibility index (Phi) is 79.8. The highest BCUT2D eigenvalue weighted by Gasteiger charge is 2.28. The van der Waals surface area contributed by atoms with E-state index < -0.39 is 0 Å². The van der Waals surface area contributed by atoms with Crippen LogP contribution in [0.5, 0.6) is 0 Å². The maximum Gasteiger partial charge on any atom is -0.0329 e. The summed E-state index contributed by atoms with van der Waals surface area (Å²) in [6, 6.07) is 0. The molecule has 1 saturated carbocycles. The fourth-order valence-electron chi connectivity index (χ4n) is 5.73. The summed E-state index contributed by atoms with van der Waals surface area (Å²) in [5.74, 6) is 9.80. The van der Waals surface area contributed by atoms with Crippen LogP contribution in [-0.4, -0.2) is 0 Å². The second-order valence-electron chi connectivity index (χ2n) is 30.7. The van der Waals surface area contributed by atoms with Gasteiger partial charge in [0, 0.05) is 0 Å². The van der Waals surface area contributed by atoms with Gasteiger partial charge < -0.3 is 0 Å². The third kappa shape index (κ3) is 90.0. The second-order valence-corrected chi connectivity index (χ2v) is 30.7. The molecule has 0 radical (unpaired) electrons. The minimum Gasteiger partial charge on any atom is -0.0654 e. The maximum absolute atomic E-state index is 2.43. The zero-order chi connectivity index (χ0) is 64.0. The van der Waals surface area contributed by atoms with Gasteiger partial charge in [-0.3, -0.25) is 0 Å². The van der Waals surface area contributed by atoms with Gasteiger partial charge in [-0.2, -0.15) is 0 Å². The summed E-state index contributed by atoms with van der Waals surface area (Å²) in [7, 11) is 0. The van der Waals surface area contributed by atoms with E-state index in [-0.39, 0.29) is 0 Å². The number of hydrogen-bond acceptors (Lipinski definition) is 0. The molecule has 482 valence electrons. The first kappa shape index (κ1) is 99.1. The third-order valence-corrected chi connectivity index (χ3v) is 18.9. The molecule has 0 saturated heterocycles. The van der Waals surface area contributed by atoms with Crippen molar-refractivity contribution in [2.24, 2.45) is 92.2 Å². The smallest absolute Gasteiger partial charge is 0.0329 e. The average Bonchev–Trinajstić information content (AvgIpc) is 3.38. The van der Waals surface area contributed by atoms with Crippen LogP contribution in [0.2, 0.25) is 0 Å². The van der Waals surface area contributed by atoms with Crippen molar-refractivity contribution < 1.29 is 0 Å². The molecule has 0 N–H and O–H groups in total. The van der Waals surface area contributed by atoms with Crippen molar-refractivity contribution in [3.8, 4) is 0 Å². The molecule has 0 heterocycles. The molecular formula is C77H174. The summed E-state index contributed by atoms with van der Waals surface area (Å²) in [5, 5.41) is 0. The topological polar surface area (TPSA) is 0 Å².